The van der Waals surface area contributed by atoms with Crippen LogP contribution in [0.4, 0.5) is 5.69 Å². The zero-order valence-electron chi connectivity index (χ0n) is 18.3. The first kappa shape index (κ1) is 23.1. The molecule has 4 unspecified atom stereocenters. The maximum atomic E-state index is 13.0. The van der Waals surface area contributed by atoms with Gasteiger partial charge in [0.1, 0.15) is 12.1 Å². The van der Waals surface area contributed by atoms with Gasteiger partial charge in [-0.2, -0.15) is 0 Å². The fraction of sp³-hybridized carbons (Fsp3) is 0.522. The van der Waals surface area contributed by atoms with Crippen molar-refractivity contribution < 1.29 is 14.4 Å². The molecule has 168 valence electrons. The van der Waals surface area contributed by atoms with Gasteiger partial charge in [-0.25, -0.2) is 0 Å². The molecule has 0 radical (unpaired) electrons. The zero-order valence-corrected chi connectivity index (χ0v) is 19.1. The number of carbonyl (C=O) groups is 3. The Morgan fingerprint density at radius 2 is 2.00 bits per heavy atom. The van der Waals surface area contributed by atoms with E-state index < -0.39 is 18.0 Å². The van der Waals surface area contributed by atoms with Crippen LogP contribution in [0, 0.1) is 12.8 Å². The highest BCUT2D eigenvalue weighted by Gasteiger charge is 2.38. The Morgan fingerprint density at radius 1 is 1.29 bits per heavy atom. The predicted octanol–water partition coefficient (Wildman–Crippen LogP) is 2.81. The number of nitrogen functional groups attached to an aromatic ring is 1. The number of aryl methyl sites for hydroxylation is 1. The molecule has 7 nitrogen and oxygen atoms in total. The van der Waals surface area contributed by atoms with Crippen molar-refractivity contribution in [1.82, 2.24) is 15.5 Å². The van der Waals surface area contributed by atoms with Gasteiger partial charge >= 0.3 is 0 Å². The summed E-state index contributed by atoms with van der Waals surface area (Å²) in [5.74, 6) is -0.468. The molecule has 1 aromatic carbocycles. The van der Waals surface area contributed by atoms with Crippen LogP contribution in [0.1, 0.15) is 55.5 Å². The van der Waals surface area contributed by atoms with Crippen molar-refractivity contribution in [2.45, 2.75) is 64.6 Å². The van der Waals surface area contributed by atoms with E-state index in [4.69, 9.17) is 17.3 Å². The van der Waals surface area contributed by atoms with Crippen LogP contribution in [-0.2, 0) is 9.59 Å². The van der Waals surface area contributed by atoms with Gasteiger partial charge in [0, 0.05) is 18.2 Å². The molecule has 1 saturated carbocycles. The van der Waals surface area contributed by atoms with Crippen LogP contribution in [0.3, 0.4) is 0 Å². The summed E-state index contributed by atoms with van der Waals surface area (Å²) in [4.78, 5) is 40.1. The molecule has 1 aliphatic carbocycles. The second-order valence-corrected chi connectivity index (χ2v) is 9.23. The summed E-state index contributed by atoms with van der Waals surface area (Å²) in [5, 5.41) is 6.12. The average Bonchev–Trinajstić information content (AvgIpc) is 3.31. The molecule has 2 fully saturated rings. The number of hydrogen-bond acceptors (Lipinski definition) is 4. The van der Waals surface area contributed by atoms with Gasteiger partial charge in [-0.3, -0.25) is 14.4 Å². The number of hydrogen-bond donors (Lipinski definition) is 3. The lowest BCUT2D eigenvalue weighted by Gasteiger charge is -2.28. The van der Waals surface area contributed by atoms with E-state index in [-0.39, 0.29) is 17.9 Å². The Kier molecular flexibility index (Phi) is 6.94. The third-order valence-corrected chi connectivity index (χ3v) is 6.60. The minimum Gasteiger partial charge on any atom is -0.397 e. The van der Waals surface area contributed by atoms with E-state index in [2.05, 4.69) is 24.1 Å². The number of likely N-dealkylation sites (tertiary alicyclic amines) is 1. The Bertz CT molecular complexity index is 893. The molecule has 4 atom stereocenters. The van der Waals surface area contributed by atoms with Crippen molar-refractivity contribution in [3.05, 3.63) is 40.4 Å². The molecule has 1 saturated heterocycles. The lowest BCUT2D eigenvalue weighted by atomic mass is 10.1. The second-order valence-electron chi connectivity index (χ2n) is 8.82. The highest BCUT2D eigenvalue weighted by atomic mass is 35.5. The molecule has 1 aliphatic heterocycles. The van der Waals surface area contributed by atoms with Crippen LogP contribution in [0.2, 0.25) is 5.02 Å². The number of nitrogens with zero attached hydrogens (tertiary/aromatic N) is 1. The second kappa shape index (κ2) is 9.30. The van der Waals surface area contributed by atoms with Crippen LogP contribution in [-0.4, -0.2) is 47.3 Å². The summed E-state index contributed by atoms with van der Waals surface area (Å²) >= 11 is 6.08. The van der Waals surface area contributed by atoms with Gasteiger partial charge in [0.2, 0.25) is 11.8 Å². The lowest BCUT2D eigenvalue weighted by Crippen LogP contribution is -2.54. The highest BCUT2D eigenvalue weighted by Crippen LogP contribution is 2.30. The number of nitrogens with two attached hydrogens (primary N) is 1. The number of nitrogens with one attached hydrogen (secondary N) is 2. The highest BCUT2D eigenvalue weighted by molar-refractivity contribution is 6.33. The molecule has 1 aromatic rings. The maximum Gasteiger partial charge on any atom is 0.251 e. The van der Waals surface area contributed by atoms with Crippen LogP contribution in [0.5, 0.6) is 0 Å². The summed E-state index contributed by atoms with van der Waals surface area (Å²) in [6.45, 7) is 10.0. The standard InChI is InChI=1S/C23H31ClN4O3/c1-12-8-13(2)18(9-12)27-22(30)19-6-5-7-28(19)23(31)15(4)26-21(29)16-10-14(3)20(25)17(24)11-16/h10-11,13,15,18-19H,1,5-9,25H2,2-4H3,(H,26,29)(H,27,30). The number of anilines is 1. The van der Waals surface area contributed by atoms with E-state index in [0.717, 1.165) is 24.8 Å². The Hall–Kier alpha value is -2.54. The molecule has 2 aliphatic rings. The Morgan fingerprint density at radius 3 is 2.61 bits per heavy atom. The number of benzene rings is 1. The average molecular weight is 447 g/mol. The van der Waals surface area contributed by atoms with Gasteiger partial charge in [-0.05, 0) is 63.1 Å². The van der Waals surface area contributed by atoms with Gasteiger partial charge < -0.3 is 21.3 Å². The monoisotopic (exact) mass is 446 g/mol. The SMILES string of the molecule is C=C1CC(C)C(NC(=O)C2CCCN2C(=O)C(C)NC(=O)c2cc(C)c(N)c(Cl)c2)C1. The van der Waals surface area contributed by atoms with Crippen LogP contribution >= 0.6 is 11.6 Å². The first-order chi connectivity index (χ1) is 14.6. The van der Waals surface area contributed by atoms with Crippen molar-refractivity contribution in [3.63, 3.8) is 0 Å². The summed E-state index contributed by atoms with van der Waals surface area (Å²) in [6.07, 6.45) is 3.07. The molecule has 3 rings (SSSR count). The van der Waals surface area contributed by atoms with Crippen molar-refractivity contribution in [2.75, 3.05) is 12.3 Å². The van der Waals surface area contributed by atoms with E-state index in [1.165, 1.54) is 6.07 Å². The van der Waals surface area contributed by atoms with E-state index in [0.29, 0.717) is 40.7 Å². The summed E-state index contributed by atoms with van der Waals surface area (Å²) in [5.41, 5.74) is 8.43. The van der Waals surface area contributed by atoms with Gasteiger partial charge in [-0.15, -0.1) is 0 Å². The molecule has 3 amide bonds. The van der Waals surface area contributed by atoms with E-state index >= 15 is 0 Å². The molecule has 0 bridgehead atoms. The minimum atomic E-state index is -0.775. The van der Waals surface area contributed by atoms with Gasteiger partial charge in [0.05, 0.1) is 10.7 Å². The Balaban J connectivity index is 1.63. The first-order valence-electron chi connectivity index (χ1n) is 10.7. The smallest absolute Gasteiger partial charge is 0.251 e. The number of carbonyl (C=O) groups excluding carboxylic acids is 3. The minimum absolute atomic E-state index is 0.0631. The normalized spacial score (nSPS) is 24.2. The zero-order chi connectivity index (χ0) is 22.9. The molecular formula is C23H31ClN4O3. The Labute approximate surface area is 188 Å². The third-order valence-electron chi connectivity index (χ3n) is 6.29. The van der Waals surface area contributed by atoms with Crippen molar-refractivity contribution in [3.8, 4) is 0 Å². The largest absolute Gasteiger partial charge is 0.397 e. The fourth-order valence-electron chi connectivity index (χ4n) is 4.45. The van der Waals surface area contributed by atoms with Crippen LogP contribution in [0.15, 0.2) is 24.3 Å². The van der Waals surface area contributed by atoms with E-state index in [1.807, 2.05) is 0 Å². The first-order valence-corrected chi connectivity index (χ1v) is 11.1. The maximum absolute atomic E-state index is 13.0. The van der Waals surface area contributed by atoms with Crippen molar-refractivity contribution in [2.24, 2.45) is 5.92 Å². The van der Waals surface area contributed by atoms with E-state index in [9.17, 15) is 14.4 Å². The van der Waals surface area contributed by atoms with Gasteiger partial charge in [0.15, 0.2) is 0 Å². The molecule has 31 heavy (non-hydrogen) atoms. The van der Waals surface area contributed by atoms with Crippen molar-refractivity contribution >= 4 is 35.0 Å². The van der Waals surface area contributed by atoms with E-state index in [1.54, 1.807) is 24.8 Å². The van der Waals surface area contributed by atoms with Crippen molar-refractivity contribution in [1.29, 1.82) is 0 Å². The molecular weight excluding hydrogens is 416 g/mol. The van der Waals surface area contributed by atoms with Crippen LogP contribution < -0.4 is 16.4 Å². The topological polar surface area (TPSA) is 105 Å². The molecule has 4 N–H and O–H groups in total. The number of rotatable bonds is 5. The fourth-order valence-corrected chi connectivity index (χ4v) is 4.71. The molecule has 0 aromatic heterocycles. The molecule has 0 spiro atoms. The molecule has 1 heterocycles. The predicted molar refractivity (Wildman–Crippen MR) is 122 cm³/mol. The number of halogens is 1. The summed E-state index contributed by atoms with van der Waals surface area (Å²) in [7, 11) is 0. The summed E-state index contributed by atoms with van der Waals surface area (Å²) in [6, 6.07) is 1.90. The van der Waals surface area contributed by atoms with Gasteiger partial charge in [0.25, 0.3) is 5.91 Å². The van der Waals surface area contributed by atoms with Crippen LogP contribution in [0.25, 0.3) is 0 Å². The quantitative estimate of drug-likeness (QED) is 0.477. The lowest BCUT2D eigenvalue weighted by molar-refractivity contribution is -0.139. The number of amides is 3. The third kappa shape index (κ3) is 5.03. The summed E-state index contributed by atoms with van der Waals surface area (Å²) < 4.78 is 0. The molecule has 8 heteroatoms. The van der Waals surface area contributed by atoms with Gasteiger partial charge in [-0.1, -0.05) is 30.7 Å².